The van der Waals surface area contributed by atoms with Crippen molar-refractivity contribution in [3.05, 3.63) is 45.6 Å². The number of piperidine rings is 1. The maximum atomic E-state index is 9.13. The van der Waals surface area contributed by atoms with Crippen molar-refractivity contribution in [2.75, 3.05) is 29.4 Å². The molecule has 0 amide bonds. The van der Waals surface area contributed by atoms with E-state index in [-0.39, 0.29) is 5.41 Å². The van der Waals surface area contributed by atoms with Crippen LogP contribution in [-0.2, 0) is 0 Å². The molecular weight excluding hydrogens is 417 g/mol. The molecule has 2 aromatic rings. The molecule has 0 N–H and O–H groups in total. The van der Waals surface area contributed by atoms with E-state index in [0.717, 1.165) is 56.1 Å². The molecule has 1 spiro atoms. The summed E-state index contributed by atoms with van der Waals surface area (Å²) in [5, 5.41) is 19.2. The molecule has 0 bridgehead atoms. The number of benzene rings is 1. The summed E-state index contributed by atoms with van der Waals surface area (Å²) in [6, 6.07) is 10.3. The van der Waals surface area contributed by atoms with Crippen molar-refractivity contribution in [1.29, 1.82) is 5.26 Å². The van der Waals surface area contributed by atoms with Crippen molar-refractivity contribution in [2.24, 2.45) is 5.41 Å². The molecule has 7 heteroatoms. The Morgan fingerprint density at radius 3 is 2.47 bits per heavy atom. The Morgan fingerprint density at radius 1 is 1.13 bits per heavy atom. The standard InChI is InChI=1S/C23H27Cl2N5/c1-15(2)21-11-20(25)22(28-27-21)29-8-6-23(7-9-29)12-16(3)30(14-23)18-5-4-17(13-26)19(24)10-18/h4-5,10-11,15-16H,6-9,12,14H2,1-3H3. The van der Waals surface area contributed by atoms with Gasteiger partial charge in [0, 0.05) is 31.4 Å². The Hall–Kier alpha value is -2.03. The third-order valence-corrected chi connectivity index (χ3v) is 7.23. The number of nitrogens with zero attached hydrogens (tertiary/aromatic N) is 5. The highest BCUT2D eigenvalue weighted by Gasteiger charge is 2.44. The van der Waals surface area contributed by atoms with Crippen molar-refractivity contribution < 1.29 is 0 Å². The van der Waals surface area contributed by atoms with Gasteiger partial charge in [-0.05, 0) is 61.8 Å². The van der Waals surface area contributed by atoms with E-state index in [1.165, 1.54) is 0 Å². The second-order valence-corrected chi connectivity index (χ2v) is 9.85. The van der Waals surface area contributed by atoms with E-state index in [1.807, 2.05) is 24.3 Å². The van der Waals surface area contributed by atoms with E-state index in [2.05, 4.69) is 46.8 Å². The second-order valence-electron chi connectivity index (χ2n) is 9.04. The van der Waals surface area contributed by atoms with Crippen LogP contribution < -0.4 is 9.80 Å². The highest BCUT2D eigenvalue weighted by molar-refractivity contribution is 6.33. The summed E-state index contributed by atoms with van der Waals surface area (Å²) < 4.78 is 0. The highest BCUT2D eigenvalue weighted by atomic mass is 35.5. The Labute approximate surface area is 188 Å². The van der Waals surface area contributed by atoms with Gasteiger partial charge in [0.2, 0.25) is 0 Å². The van der Waals surface area contributed by atoms with Crippen LogP contribution in [-0.4, -0.2) is 35.9 Å². The van der Waals surface area contributed by atoms with Crippen LogP contribution in [0.1, 0.15) is 57.2 Å². The molecule has 1 unspecified atom stereocenters. The molecule has 1 atom stereocenters. The molecule has 1 aromatic carbocycles. The van der Waals surface area contributed by atoms with Crippen LogP contribution in [0.25, 0.3) is 0 Å². The Balaban J connectivity index is 1.46. The number of rotatable bonds is 3. The van der Waals surface area contributed by atoms with Crippen LogP contribution in [0.5, 0.6) is 0 Å². The first-order valence-electron chi connectivity index (χ1n) is 10.6. The smallest absolute Gasteiger partial charge is 0.170 e. The zero-order chi connectivity index (χ0) is 21.5. The van der Waals surface area contributed by atoms with Gasteiger partial charge in [-0.3, -0.25) is 0 Å². The highest BCUT2D eigenvalue weighted by Crippen LogP contribution is 2.46. The first kappa shape index (κ1) is 21.2. The second kappa shape index (κ2) is 8.24. The van der Waals surface area contributed by atoms with Crippen molar-refractivity contribution in [1.82, 2.24) is 10.2 Å². The average Bonchev–Trinajstić information content (AvgIpc) is 3.04. The molecule has 30 heavy (non-hydrogen) atoms. The third kappa shape index (κ3) is 3.96. The molecule has 0 radical (unpaired) electrons. The molecule has 0 aliphatic carbocycles. The van der Waals surface area contributed by atoms with Crippen molar-refractivity contribution in [3.63, 3.8) is 0 Å². The van der Waals surface area contributed by atoms with Crippen molar-refractivity contribution in [2.45, 2.75) is 52.0 Å². The van der Waals surface area contributed by atoms with Crippen molar-refractivity contribution >= 4 is 34.7 Å². The molecule has 2 aliphatic rings. The minimum absolute atomic E-state index is 0.286. The third-order valence-electron chi connectivity index (χ3n) is 6.63. The fraction of sp³-hybridized carbons (Fsp3) is 0.522. The monoisotopic (exact) mass is 443 g/mol. The maximum Gasteiger partial charge on any atom is 0.170 e. The van der Waals surface area contributed by atoms with Gasteiger partial charge in [-0.1, -0.05) is 37.0 Å². The molecule has 2 fully saturated rings. The van der Waals surface area contributed by atoms with Gasteiger partial charge in [0.15, 0.2) is 5.82 Å². The summed E-state index contributed by atoms with van der Waals surface area (Å²) in [4.78, 5) is 4.71. The number of hydrogen-bond donors (Lipinski definition) is 0. The molecule has 158 valence electrons. The van der Waals surface area contributed by atoms with Crippen molar-refractivity contribution in [3.8, 4) is 6.07 Å². The minimum atomic E-state index is 0.286. The van der Waals surface area contributed by atoms with Gasteiger partial charge in [0.05, 0.1) is 21.3 Å². The lowest BCUT2D eigenvalue weighted by molar-refractivity contribution is 0.244. The minimum Gasteiger partial charge on any atom is -0.368 e. The van der Waals surface area contributed by atoms with Crippen LogP contribution in [0.15, 0.2) is 24.3 Å². The summed E-state index contributed by atoms with van der Waals surface area (Å²) >= 11 is 12.8. The predicted octanol–water partition coefficient (Wildman–Crippen LogP) is 5.66. The fourth-order valence-electron chi connectivity index (χ4n) is 4.87. The number of hydrogen-bond acceptors (Lipinski definition) is 5. The van der Waals surface area contributed by atoms with E-state index < -0.39 is 0 Å². The van der Waals surface area contributed by atoms with E-state index >= 15 is 0 Å². The van der Waals surface area contributed by atoms with Crippen LogP contribution in [0.3, 0.4) is 0 Å². The number of nitriles is 1. The van der Waals surface area contributed by atoms with E-state index in [4.69, 9.17) is 28.5 Å². The first-order valence-corrected chi connectivity index (χ1v) is 11.3. The van der Waals surface area contributed by atoms with Crippen LogP contribution >= 0.6 is 23.2 Å². The Bertz CT molecular complexity index is 976. The summed E-state index contributed by atoms with van der Waals surface area (Å²) in [5.41, 5.74) is 2.84. The van der Waals surface area contributed by atoms with Crippen LogP contribution in [0.2, 0.25) is 10.0 Å². The van der Waals surface area contributed by atoms with Gasteiger partial charge in [0.1, 0.15) is 6.07 Å². The molecule has 4 rings (SSSR count). The maximum absolute atomic E-state index is 9.13. The van der Waals surface area contributed by atoms with E-state index in [0.29, 0.717) is 27.6 Å². The number of aromatic nitrogens is 2. The van der Waals surface area contributed by atoms with Crippen LogP contribution in [0, 0.1) is 16.7 Å². The topological polar surface area (TPSA) is 56.0 Å². The molecule has 0 saturated carbocycles. The zero-order valence-corrected chi connectivity index (χ0v) is 19.2. The summed E-state index contributed by atoms with van der Waals surface area (Å²) in [6.45, 7) is 9.35. The fourth-order valence-corrected chi connectivity index (χ4v) is 5.35. The Morgan fingerprint density at radius 2 is 1.87 bits per heavy atom. The van der Waals surface area contributed by atoms with Gasteiger partial charge in [-0.25, -0.2) is 0 Å². The summed E-state index contributed by atoms with van der Waals surface area (Å²) in [6.07, 6.45) is 3.35. The molecule has 5 nitrogen and oxygen atoms in total. The largest absolute Gasteiger partial charge is 0.368 e. The van der Waals surface area contributed by atoms with Gasteiger partial charge in [-0.15, -0.1) is 5.10 Å². The van der Waals surface area contributed by atoms with Gasteiger partial charge in [-0.2, -0.15) is 10.4 Å². The SMILES string of the molecule is CC(C)c1cc(Cl)c(N2CCC3(CC2)CC(C)N(c2ccc(C#N)c(Cl)c2)C3)nn1. The van der Waals surface area contributed by atoms with E-state index in [1.54, 1.807) is 0 Å². The lowest BCUT2D eigenvalue weighted by Gasteiger charge is -2.40. The van der Waals surface area contributed by atoms with Gasteiger partial charge < -0.3 is 9.80 Å². The molecular formula is C23H27Cl2N5. The van der Waals surface area contributed by atoms with E-state index in [9.17, 15) is 0 Å². The quantitative estimate of drug-likeness (QED) is 0.611. The normalized spacial score (nSPS) is 20.8. The molecule has 2 saturated heterocycles. The lowest BCUT2D eigenvalue weighted by atomic mass is 9.77. The number of halogens is 2. The van der Waals surface area contributed by atoms with Gasteiger partial charge in [0.25, 0.3) is 0 Å². The molecule has 2 aliphatic heterocycles. The average molecular weight is 444 g/mol. The molecule has 1 aromatic heterocycles. The zero-order valence-electron chi connectivity index (χ0n) is 17.7. The predicted molar refractivity (Wildman–Crippen MR) is 123 cm³/mol. The lowest BCUT2D eigenvalue weighted by Crippen LogP contribution is -2.42. The summed E-state index contributed by atoms with van der Waals surface area (Å²) in [5.74, 6) is 1.12. The first-order chi connectivity index (χ1) is 14.3. The summed E-state index contributed by atoms with van der Waals surface area (Å²) in [7, 11) is 0. The Kier molecular flexibility index (Phi) is 5.83. The molecule has 3 heterocycles. The van der Waals surface area contributed by atoms with Crippen LogP contribution in [0.4, 0.5) is 11.5 Å². The van der Waals surface area contributed by atoms with Gasteiger partial charge >= 0.3 is 0 Å². The number of anilines is 2.